The van der Waals surface area contributed by atoms with Gasteiger partial charge in [0.2, 0.25) is 5.78 Å². The fourth-order valence-corrected chi connectivity index (χ4v) is 4.00. The Balaban J connectivity index is 2.01. The fraction of sp³-hybridized carbons (Fsp3) is 0.381. The summed E-state index contributed by atoms with van der Waals surface area (Å²) in [7, 11) is 0. The van der Waals surface area contributed by atoms with Crippen LogP contribution in [0.1, 0.15) is 53.7 Å². The quantitative estimate of drug-likeness (QED) is 0.627. The minimum absolute atomic E-state index is 0.0717. The van der Waals surface area contributed by atoms with Gasteiger partial charge in [0.05, 0.1) is 18.2 Å². The molecule has 1 aliphatic carbocycles. The molecule has 0 aromatic carbocycles. The Bertz CT molecular complexity index is 1260. The third-order valence-corrected chi connectivity index (χ3v) is 5.35. The van der Waals surface area contributed by atoms with Crippen LogP contribution in [-0.4, -0.2) is 25.7 Å². The van der Waals surface area contributed by atoms with Crippen molar-refractivity contribution in [2.24, 2.45) is 5.41 Å². The SMILES string of the molecule is CCn1c(=O)n(CC(=O)c2ccco2)c(=O)c2c3c(cnc21)C(=O)CC(C)(C)C3. The average Bonchev–Trinajstić information content (AvgIpc) is 3.18. The van der Waals surface area contributed by atoms with E-state index in [-0.39, 0.29) is 34.5 Å². The van der Waals surface area contributed by atoms with E-state index in [9.17, 15) is 19.2 Å². The highest BCUT2D eigenvalue weighted by Gasteiger charge is 2.34. The van der Waals surface area contributed by atoms with E-state index < -0.39 is 23.6 Å². The number of furan rings is 1. The molecule has 0 fully saturated rings. The summed E-state index contributed by atoms with van der Waals surface area (Å²) in [5, 5.41) is 0.234. The second kappa shape index (κ2) is 6.65. The van der Waals surface area contributed by atoms with Crippen LogP contribution in [0.25, 0.3) is 11.0 Å². The Morgan fingerprint density at radius 1 is 1.21 bits per heavy atom. The number of aromatic nitrogens is 3. The number of carbonyl (C=O) groups excluding carboxylic acids is 2. The van der Waals surface area contributed by atoms with Crippen LogP contribution in [0.3, 0.4) is 0 Å². The number of fused-ring (bicyclic) bond motifs is 3. The monoisotopic (exact) mass is 395 g/mol. The van der Waals surface area contributed by atoms with E-state index in [4.69, 9.17) is 4.42 Å². The Hall–Kier alpha value is -3.29. The van der Waals surface area contributed by atoms with Crippen molar-refractivity contribution in [3.63, 3.8) is 0 Å². The lowest BCUT2D eigenvalue weighted by molar-refractivity contribution is 0.0909. The van der Waals surface area contributed by atoms with Gasteiger partial charge in [-0.3, -0.25) is 23.5 Å². The summed E-state index contributed by atoms with van der Waals surface area (Å²) < 4.78 is 7.36. The van der Waals surface area contributed by atoms with E-state index in [2.05, 4.69) is 4.98 Å². The predicted molar refractivity (Wildman–Crippen MR) is 105 cm³/mol. The summed E-state index contributed by atoms with van der Waals surface area (Å²) in [5.41, 5.74) is -0.272. The molecule has 0 spiro atoms. The largest absolute Gasteiger partial charge is 0.461 e. The topological polar surface area (TPSA) is 104 Å². The van der Waals surface area contributed by atoms with Crippen molar-refractivity contribution in [2.75, 3.05) is 0 Å². The number of hydrogen-bond donors (Lipinski definition) is 0. The van der Waals surface area contributed by atoms with E-state index in [1.54, 1.807) is 13.0 Å². The first-order valence-electron chi connectivity index (χ1n) is 9.48. The van der Waals surface area contributed by atoms with E-state index in [0.29, 0.717) is 24.0 Å². The van der Waals surface area contributed by atoms with Gasteiger partial charge in [-0.2, -0.15) is 0 Å². The Morgan fingerprint density at radius 3 is 2.62 bits per heavy atom. The van der Waals surface area contributed by atoms with Crippen LogP contribution in [0.4, 0.5) is 0 Å². The molecule has 0 saturated heterocycles. The molecule has 3 aromatic rings. The van der Waals surface area contributed by atoms with Crippen molar-refractivity contribution in [1.82, 2.24) is 14.1 Å². The molecule has 0 atom stereocenters. The molecule has 3 heterocycles. The maximum Gasteiger partial charge on any atom is 0.333 e. The van der Waals surface area contributed by atoms with E-state index in [1.807, 2.05) is 13.8 Å². The average molecular weight is 395 g/mol. The van der Waals surface area contributed by atoms with Gasteiger partial charge in [0, 0.05) is 24.7 Å². The van der Waals surface area contributed by atoms with Crippen molar-refractivity contribution in [2.45, 2.75) is 46.7 Å². The highest BCUT2D eigenvalue weighted by Crippen LogP contribution is 2.36. The smallest absolute Gasteiger partial charge is 0.333 e. The van der Waals surface area contributed by atoms with E-state index in [1.165, 1.54) is 23.1 Å². The standard InChI is InChI=1S/C21H21N3O5/c1-4-23-18-17(12-8-21(2,3)9-14(25)13(12)10-22-18)19(27)24(20(23)28)11-15(26)16-6-5-7-29-16/h5-7,10H,4,8-9,11H2,1-3H3. The number of carbonyl (C=O) groups is 2. The highest BCUT2D eigenvalue weighted by atomic mass is 16.3. The molecule has 1 aliphatic rings. The molecule has 4 rings (SSSR count). The number of aryl methyl sites for hydroxylation is 1. The maximum atomic E-state index is 13.3. The molecule has 0 N–H and O–H groups in total. The third kappa shape index (κ3) is 3.04. The van der Waals surface area contributed by atoms with E-state index >= 15 is 0 Å². The lowest BCUT2D eigenvalue weighted by atomic mass is 9.73. The van der Waals surface area contributed by atoms with Gasteiger partial charge in [-0.25, -0.2) is 9.78 Å². The van der Waals surface area contributed by atoms with Crippen LogP contribution < -0.4 is 11.2 Å². The van der Waals surface area contributed by atoms with Crippen molar-refractivity contribution >= 4 is 22.6 Å². The normalized spacial score (nSPS) is 15.5. The van der Waals surface area contributed by atoms with Gasteiger partial charge in [-0.1, -0.05) is 13.8 Å². The van der Waals surface area contributed by atoms with Crippen molar-refractivity contribution in [3.8, 4) is 0 Å². The minimum atomic E-state index is -0.612. The van der Waals surface area contributed by atoms with Crippen LogP contribution >= 0.6 is 0 Å². The zero-order valence-corrected chi connectivity index (χ0v) is 16.5. The lowest BCUT2D eigenvalue weighted by Gasteiger charge is -2.30. The molecule has 8 nitrogen and oxygen atoms in total. The van der Waals surface area contributed by atoms with Gasteiger partial charge in [-0.15, -0.1) is 0 Å². The molecule has 0 bridgehead atoms. The molecular weight excluding hydrogens is 374 g/mol. The number of rotatable bonds is 4. The Morgan fingerprint density at radius 2 is 1.97 bits per heavy atom. The van der Waals surface area contributed by atoms with Crippen LogP contribution in [0.15, 0.2) is 38.6 Å². The van der Waals surface area contributed by atoms with E-state index in [0.717, 1.165) is 4.57 Å². The molecule has 3 aromatic heterocycles. The molecule has 0 unspecified atom stereocenters. The van der Waals surface area contributed by atoms with Gasteiger partial charge in [0.1, 0.15) is 5.65 Å². The van der Waals surface area contributed by atoms with Crippen LogP contribution in [0.5, 0.6) is 0 Å². The van der Waals surface area contributed by atoms with Crippen molar-refractivity contribution < 1.29 is 14.0 Å². The lowest BCUT2D eigenvalue weighted by Crippen LogP contribution is -2.43. The second-order valence-corrected chi connectivity index (χ2v) is 8.11. The van der Waals surface area contributed by atoms with Crippen molar-refractivity contribution in [1.29, 1.82) is 0 Å². The molecule has 29 heavy (non-hydrogen) atoms. The summed E-state index contributed by atoms with van der Waals surface area (Å²) >= 11 is 0. The summed E-state index contributed by atoms with van der Waals surface area (Å²) in [6.45, 7) is 5.53. The third-order valence-electron chi connectivity index (χ3n) is 5.35. The molecule has 0 radical (unpaired) electrons. The van der Waals surface area contributed by atoms with Gasteiger partial charge >= 0.3 is 5.69 Å². The number of nitrogens with zero attached hydrogens (tertiary/aromatic N) is 3. The summed E-state index contributed by atoms with van der Waals surface area (Å²) in [6, 6.07) is 3.05. The fourth-order valence-electron chi connectivity index (χ4n) is 4.00. The van der Waals surface area contributed by atoms with Gasteiger partial charge in [-0.05, 0) is 36.5 Å². The van der Waals surface area contributed by atoms with Crippen molar-refractivity contribution in [3.05, 3.63) is 62.3 Å². The number of ketones is 2. The first-order chi connectivity index (χ1) is 13.7. The molecular formula is C21H21N3O5. The zero-order valence-electron chi connectivity index (χ0n) is 16.5. The van der Waals surface area contributed by atoms with Crippen LogP contribution in [-0.2, 0) is 19.5 Å². The minimum Gasteiger partial charge on any atom is -0.461 e. The van der Waals surface area contributed by atoms with Crippen LogP contribution in [0.2, 0.25) is 0 Å². The Labute approximate surface area is 165 Å². The highest BCUT2D eigenvalue weighted by molar-refractivity contribution is 6.02. The second-order valence-electron chi connectivity index (χ2n) is 8.11. The summed E-state index contributed by atoms with van der Waals surface area (Å²) in [6.07, 6.45) is 3.69. The maximum absolute atomic E-state index is 13.3. The predicted octanol–water partition coefficient (Wildman–Crippen LogP) is 2.21. The molecule has 0 amide bonds. The molecule has 0 aliphatic heterocycles. The zero-order chi connectivity index (χ0) is 20.9. The van der Waals surface area contributed by atoms with Crippen LogP contribution in [0, 0.1) is 5.41 Å². The summed E-state index contributed by atoms with van der Waals surface area (Å²) in [5.74, 6) is -0.480. The first kappa shape index (κ1) is 19.0. The number of hydrogen-bond acceptors (Lipinski definition) is 6. The van der Waals surface area contributed by atoms with Gasteiger partial charge in [0.15, 0.2) is 11.5 Å². The number of Topliss-reactive ketones (excluding diaryl/α,β-unsaturated/α-hetero) is 2. The molecule has 8 heteroatoms. The summed E-state index contributed by atoms with van der Waals surface area (Å²) in [4.78, 5) is 55.6. The van der Waals surface area contributed by atoms with Gasteiger partial charge < -0.3 is 4.42 Å². The molecule has 150 valence electrons. The Kier molecular flexibility index (Phi) is 4.37. The first-order valence-corrected chi connectivity index (χ1v) is 9.48. The number of pyridine rings is 1. The van der Waals surface area contributed by atoms with Gasteiger partial charge in [0.25, 0.3) is 5.56 Å². The molecule has 0 saturated carbocycles.